The van der Waals surface area contributed by atoms with Crippen molar-refractivity contribution in [2.45, 2.75) is 24.5 Å². The van der Waals surface area contributed by atoms with Crippen molar-refractivity contribution in [2.24, 2.45) is 11.1 Å². The van der Waals surface area contributed by atoms with Crippen LogP contribution in [0.2, 0.25) is 0 Å². The molecule has 3 nitrogen and oxygen atoms in total. The summed E-state index contributed by atoms with van der Waals surface area (Å²) in [4.78, 5) is 12.3. The van der Waals surface area contributed by atoms with Crippen molar-refractivity contribution in [3.05, 3.63) is 24.3 Å². The normalized spacial score (nSPS) is 11.7. The summed E-state index contributed by atoms with van der Waals surface area (Å²) in [5.74, 6) is -2.64. The molecule has 1 rings (SSSR count). The lowest BCUT2D eigenvalue weighted by Gasteiger charge is -2.21. The summed E-state index contributed by atoms with van der Waals surface area (Å²) in [6, 6.07) is 6.27. The third-order valence-corrected chi connectivity index (χ3v) is 3.18. The van der Waals surface area contributed by atoms with E-state index < -0.39 is 11.2 Å². The van der Waals surface area contributed by atoms with Crippen molar-refractivity contribution in [1.29, 1.82) is 0 Å². The number of carbonyl (C=O) groups is 1. The van der Waals surface area contributed by atoms with E-state index in [1.807, 2.05) is 0 Å². The molecule has 100 valence electrons. The van der Waals surface area contributed by atoms with Crippen LogP contribution < -0.4 is 11.1 Å². The van der Waals surface area contributed by atoms with Gasteiger partial charge < -0.3 is 11.1 Å². The van der Waals surface area contributed by atoms with Crippen LogP contribution in [0.25, 0.3) is 0 Å². The second-order valence-corrected chi connectivity index (χ2v) is 5.51. The van der Waals surface area contributed by atoms with Gasteiger partial charge in [0.25, 0.3) is 5.76 Å². The summed E-state index contributed by atoms with van der Waals surface area (Å²) in [6.45, 7) is 3.71. The number of nitrogens with one attached hydrogen (secondary N) is 1. The molecule has 0 spiro atoms. The Morgan fingerprint density at radius 3 is 2.39 bits per heavy atom. The number of carbonyl (C=O) groups excluding carboxylic acids is 1. The number of hydrogen-bond acceptors (Lipinski definition) is 3. The minimum absolute atomic E-state index is 0.195. The van der Waals surface area contributed by atoms with Crippen LogP contribution in [0.5, 0.6) is 0 Å². The molecule has 1 amide bonds. The third kappa shape index (κ3) is 4.27. The number of nitrogens with two attached hydrogens (primary N) is 1. The van der Waals surface area contributed by atoms with Gasteiger partial charge in [-0.25, -0.2) is 0 Å². The van der Waals surface area contributed by atoms with Gasteiger partial charge in [-0.3, -0.25) is 4.79 Å². The Morgan fingerprint density at radius 1 is 1.39 bits per heavy atom. The van der Waals surface area contributed by atoms with Gasteiger partial charge in [0.1, 0.15) is 0 Å². The first-order valence-electron chi connectivity index (χ1n) is 5.41. The molecule has 0 unspecified atom stereocenters. The van der Waals surface area contributed by atoms with Gasteiger partial charge in [0.05, 0.1) is 5.41 Å². The average molecular weight is 274 g/mol. The topological polar surface area (TPSA) is 55.1 Å². The summed E-state index contributed by atoms with van der Waals surface area (Å²) >= 11 is 0.470. The van der Waals surface area contributed by atoms with Gasteiger partial charge in [0, 0.05) is 17.1 Å². The quantitative estimate of drug-likeness (QED) is 0.812. The summed E-state index contributed by atoms with van der Waals surface area (Å²) in [6.07, 6.45) is 0. The highest BCUT2D eigenvalue weighted by molar-refractivity contribution is 7.99. The van der Waals surface area contributed by atoms with Gasteiger partial charge in [-0.2, -0.15) is 8.78 Å². The maximum Gasteiger partial charge on any atom is 0.288 e. The molecule has 0 aromatic heterocycles. The van der Waals surface area contributed by atoms with Gasteiger partial charge in [0.15, 0.2) is 0 Å². The van der Waals surface area contributed by atoms with Crippen molar-refractivity contribution in [3.8, 4) is 0 Å². The molecule has 0 atom stereocenters. The lowest BCUT2D eigenvalue weighted by Crippen LogP contribution is -2.37. The highest BCUT2D eigenvalue weighted by atomic mass is 32.2. The Hall–Kier alpha value is -1.14. The molecule has 0 fully saturated rings. The summed E-state index contributed by atoms with van der Waals surface area (Å²) in [7, 11) is 0. The number of benzene rings is 1. The average Bonchev–Trinajstić information content (AvgIpc) is 2.31. The van der Waals surface area contributed by atoms with Crippen molar-refractivity contribution in [2.75, 3.05) is 11.9 Å². The molecule has 1 aromatic rings. The summed E-state index contributed by atoms with van der Waals surface area (Å²) in [5.41, 5.74) is 5.41. The fourth-order valence-corrected chi connectivity index (χ4v) is 1.61. The third-order valence-electron chi connectivity index (χ3n) is 2.46. The van der Waals surface area contributed by atoms with Crippen molar-refractivity contribution < 1.29 is 13.6 Å². The number of anilines is 1. The summed E-state index contributed by atoms with van der Waals surface area (Å²) < 4.78 is 24.2. The number of halogens is 2. The van der Waals surface area contributed by atoms with E-state index in [-0.39, 0.29) is 12.5 Å². The van der Waals surface area contributed by atoms with Crippen LogP contribution in [-0.2, 0) is 4.79 Å². The molecule has 0 aliphatic carbocycles. The molecule has 0 radical (unpaired) electrons. The van der Waals surface area contributed by atoms with E-state index in [0.29, 0.717) is 22.3 Å². The van der Waals surface area contributed by atoms with Crippen LogP contribution in [0, 0.1) is 5.41 Å². The molecule has 0 bridgehead atoms. The Labute approximate surface area is 109 Å². The lowest BCUT2D eigenvalue weighted by molar-refractivity contribution is -0.123. The van der Waals surface area contributed by atoms with Crippen LogP contribution in [0.1, 0.15) is 13.8 Å². The molecule has 0 aliphatic rings. The van der Waals surface area contributed by atoms with Crippen LogP contribution in [-0.4, -0.2) is 18.2 Å². The SMILES string of the molecule is CC(C)(CN)C(=O)Nc1ccc(SC(F)F)cc1. The number of alkyl halides is 2. The van der Waals surface area contributed by atoms with Crippen LogP contribution in [0.3, 0.4) is 0 Å². The minimum Gasteiger partial charge on any atom is -0.329 e. The molecule has 0 saturated carbocycles. The second-order valence-electron chi connectivity index (χ2n) is 4.45. The van der Waals surface area contributed by atoms with Crippen LogP contribution in [0.15, 0.2) is 29.2 Å². The zero-order valence-electron chi connectivity index (χ0n) is 10.2. The highest BCUT2D eigenvalue weighted by Gasteiger charge is 2.25. The first-order valence-corrected chi connectivity index (χ1v) is 6.29. The van der Waals surface area contributed by atoms with Crippen molar-refractivity contribution >= 4 is 23.4 Å². The monoisotopic (exact) mass is 274 g/mol. The smallest absolute Gasteiger partial charge is 0.288 e. The largest absolute Gasteiger partial charge is 0.329 e. The molecular weight excluding hydrogens is 258 g/mol. The van der Waals surface area contributed by atoms with Gasteiger partial charge in [-0.05, 0) is 38.1 Å². The molecule has 3 N–H and O–H groups in total. The second kappa shape index (κ2) is 6.15. The Balaban J connectivity index is 2.67. The zero-order valence-corrected chi connectivity index (χ0v) is 11.1. The van der Waals surface area contributed by atoms with Crippen LogP contribution >= 0.6 is 11.8 Å². The molecule has 0 aliphatic heterocycles. The number of amides is 1. The number of hydrogen-bond donors (Lipinski definition) is 2. The van der Waals surface area contributed by atoms with E-state index in [4.69, 9.17) is 5.73 Å². The van der Waals surface area contributed by atoms with E-state index >= 15 is 0 Å². The lowest BCUT2D eigenvalue weighted by atomic mass is 9.92. The van der Waals surface area contributed by atoms with Gasteiger partial charge in [0.2, 0.25) is 5.91 Å². The fourth-order valence-electron chi connectivity index (χ4n) is 1.11. The first-order chi connectivity index (χ1) is 8.35. The van der Waals surface area contributed by atoms with E-state index in [1.54, 1.807) is 38.1 Å². The molecule has 6 heteroatoms. The first kappa shape index (κ1) is 14.9. The highest BCUT2D eigenvalue weighted by Crippen LogP contribution is 2.26. The molecular formula is C12H16F2N2OS. The van der Waals surface area contributed by atoms with Crippen LogP contribution in [0.4, 0.5) is 14.5 Å². The van der Waals surface area contributed by atoms with Crippen molar-refractivity contribution in [1.82, 2.24) is 0 Å². The van der Waals surface area contributed by atoms with Gasteiger partial charge >= 0.3 is 0 Å². The van der Waals surface area contributed by atoms with E-state index in [0.717, 1.165) is 0 Å². The van der Waals surface area contributed by atoms with E-state index in [9.17, 15) is 13.6 Å². The predicted molar refractivity (Wildman–Crippen MR) is 69.8 cm³/mol. The summed E-state index contributed by atoms with van der Waals surface area (Å²) in [5, 5.41) is 2.70. The molecule has 0 saturated heterocycles. The molecule has 18 heavy (non-hydrogen) atoms. The predicted octanol–water partition coefficient (Wildman–Crippen LogP) is 2.92. The minimum atomic E-state index is -2.44. The standard InChI is InChI=1S/C12H16F2N2OS/c1-12(2,7-15)10(17)16-8-3-5-9(6-4-8)18-11(13)14/h3-6,11H,7,15H2,1-2H3,(H,16,17). The van der Waals surface area contributed by atoms with E-state index in [2.05, 4.69) is 5.32 Å². The van der Waals surface area contributed by atoms with E-state index in [1.165, 1.54) is 0 Å². The number of rotatable bonds is 5. The zero-order chi connectivity index (χ0) is 13.8. The fraction of sp³-hybridized carbons (Fsp3) is 0.417. The van der Waals surface area contributed by atoms with Gasteiger partial charge in [-0.15, -0.1) is 0 Å². The molecule has 0 heterocycles. The maximum atomic E-state index is 12.1. The van der Waals surface area contributed by atoms with Gasteiger partial charge in [-0.1, -0.05) is 11.8 Å². The Kier molecular flexibility index (Phi) is 5.10. The molecule has 1 aromatic carbocycles. The maximum absolute atomic E-state index is 12.1. The Morgan fingerprint density at radius 2 is 1.94 bits per heavy atom. The van der Waals surface area contributed by atoms with Crippen molar-refractivity contribution in [3.63, 3.8) is 0 Å². The Bertz CT molecular complexity index is 407. The number of thioether (sulfide) groups is 1.